The molecule has 1 aromatic heterocycles. The predicted octanol–water partition coefficient (Wildman–Crippen LogP) is 2.82. The molecule has 0 saturated heterocycles. The summed E-state index contributed by atoms with van der Waals surface area (Å²) in [4.78, 5) is 10.2. The van der Waals surface area contributed by atoms with Gasteiger partial charge in [0.15, 0.2) is 0 Å². The standard InChI is InChI=1S/C15H16N2O4/c1-2-16-15(13-5-6-14(21-13)17(18)19)11-3-4-12-10(9-11)7-8-20-12/h3-6,9,15-16H,2,7-8H2,1H3. The van der Waals surface area contributed by atoms with E-state index in [2.05, 4.69) is 11.4 Å². The van der Waals surface area contributed by atoms with Crippen LogP contribution in [0.25, 0.3) is 0 Å². The Morgan fingerprint density at radius 1 is 1.38 bits per heavy atom. The van der Waals surface area contributed by atoms with Crippen LogP contribution in [0.4, 0.5) is 5.88 Å². The number of fused-ring (bicyclic) bond motifs is 1. The van der Waals surface area contributed by atoms with E-state index in [1.54, 1.807) is 6.07 Å². The van der Waals surface area contributed by atoms with Crippen LogP contribution < -0.4 is 10.1 Å². The zero-order valence-electron chi connectivity index (χ0n) is 11.7. The van der Waals surface area contributed by atoms with Gasteiger partial charge in [-0.3, -0.25) is 10.1 Å². The molecule has 1 aromatic carbocycles. The van der Waals surface area contributed by atoms with Gasteiger partial charge in [0, 0.05) is 6.42 Å². The van der Waals surface area contributed by atoms with Gasteiger partial charge in [-0.25, -0.2) is 0 Å². The maximum Gasteiger partial charge on any atom is 0.433 e. The van der Waals surface area contributed by atoms with Gasteiger partial charge in [-0.1, -0.05) is 13.0 Å². The second kappa shape index (κ2) is 5.57. The fourth-order valence-electron chi connectivity index (χ4n) is 2.57. The van der Waals surface area contributed by atoms with Gasteiger partial charge in [0.2, 0.25) is 0 Å². The number of nitro groups is 1. The topological polar surface area (TPSA) is 77.5 Å². The highest BCUT2D eigenvalue weighted by Gasteiger charge is 2.22. The highest BCUT2D eigenvalue weighted by Crippen LogP contribution is 2.32. The molecule has 0 radical (unpaired) electrons. The van der Waals surface area contributed by atoms with Crippen LogP contribution in [0.3, 0.4) is 0 Å². The van der Waals surface area contributed by atoms with E-state index in [1.165, 1.54) is 6.07 Å². The van der Waals surface area contributed by atoms with Gasteiger partial charge in [0.25, 0.3) is 0 Å². The van der Waals surface area contributed by atoms with Crippen LogP contribution in [-0.2, 0) is 6.42 Å². The SMILES string of the molecule is CCNC(c1ccc2c(c1)CCO2)c1ccc([N+](=O)[O-])o1. The minimum atomic E-state index is -0.525. The van der Waals surface area contributed by atoms with Gasteiger partial charge in [0.05, 0.1) is 18.7 Å². The van der Waals surface area contributed by atoms with Crippen LogP contribution in [0.15, 0.2) is 34.7 Å². The smallest absolute Gasteiger partial charge is 0.433 e. The summed E-state index contributed by atoms with van der Waals surface area (Å²) < 4.78 is 10.8. The van der Waals surface area contributed by atoms with E-state index >= 15 is 0 Å². The molecule has 6 heteroatoms. The Kier molecular flexibility index (Phi) is 3.62. The minimum absolute atomic E-state index is 0.199. The number of benzene rings is 1. The number of ether oxygens (including phenoxy) is 1. The van der Waals surface area contributed by atoms with Crippen LogP contribution >= 0.6 is 0 Å². The summed E-state index contributed by atoms with van der Waals surface area (Å²) in [5, 5.41) is 14.1. The van der Waals surface area contributed by atoms with E-state index in [4.69, 9.17) is 9.15 Å². The second-order valence-corrected chi connectivity index (χ2v) is 4.89. The van der Waals surface area contributed by atoms with Crippen LogP contribution in [0.5, 0.6) is 5.75 Å². The molecule has 6 nitrogen and oxygen atoms in total. The molecule has 110 valence electrons. The summed E-state index contributed by atoms with van der Waals surface area (Å²) >= 11 is 0. The fraction of sp³-hybridized carbons (Fsp3) is 0.333. The zero-order valence-corrected chi connectivity index (χ0v) is 11.7. The van der Waals surface area contributed by atoms with Gasteiger partial charge in [-0.15, -0.1) is 0 Å². The minimum Gasteiger partial charge on any atom is -0.493 e. The Labute approximate surface area is 121 Å². The lowest BCUT2D eigenvalue weighted by atomic mass is 10.0. The average Bonchev–Trinajstić information content (AvgIpc) is 3.12. The molecule has 0 saturated carbocycles. The lowest BCUT2D eigenvalue weighted by molar-refractivity contribution is -0.402. The summed E-state index contributed by atoms with van der Waals surface area (Å²) in [5.41, 5.74) is 2.18. The van der Waals surface area contributed by atoms with Crippen LogP contribution in [-0.4, -0.2) is 18.1 Å². The number of hydrogen-bond acceptors (Lipinski definition) is 5. The first-order valence-electron chi connectivity index (χ1n) is 6.92. The van der Waals surface area contributed by atoms with Crippen molar-refractivity contribution < 1.29 is 14.1 Å². The molecule has 0 spiro atoms. The molecular weight excluding hydrogens is 272 g/mol. The zero-order chi connectivity index (χ0) is 14.8. The summed E-state index contributed by atoms with van der Waals surface area (Å²) in [6, 6.07) is 8.81. The molecule has 0 fully saturated rings. The maximum absolute atomic E-state index is 10.8. The van der Waals surface area contributed by atoms with Crippen molar-refractivity contribution in [3.05, 3.63) is 57.3 Å². The van der Waals surface area contributed by atoms with E-state index in [0.29, 0.717) is 12.4 Å². The summed E-state index contributed by atoms with van der Waals surface area (Å²) in [6.45, 7) is 3.42. The Morgan fingerprint density at radius 3 is 2.95 bits per heavy atom. The predicted molar refractivity (Wildman–Crippen MR) is 76.5 cm³/mol. The van der Waals surface area contributed by atoms with Gasteiger partial charge >= 0.3 is 5.88 Å². The third-order valence-electron chi connectivity index (χ3n) is 3.53. The first-order chi connectivity index (χ1) is 10.2. The van der Waals surface area contributed by atoms with Gasteiger partial charge in [-0.2, -0.15) is 0 Å². The molecule has 1 aliphatic heterocycles. The lowest BCUT2D eigenvalue weighted by Gasteiger charge is -2.16. The van der Waals surface area contributed by atoms with Gasteiger partial charge in [-0.05, 0) is 35.9 Å². The Hall–Kier alpha value is -2.34. The van der Waals surface area contributed by atoms with Crippen molar-refractivity contribution in [3.8, 4) is 5.75 Å². The number of rotatable bonds is 5. The van der Waals surface area contributed by atoms with Crippen molar-refractivity contribution in [2.75, 3.05) is 13.2 Å². The van der Waals surface area contributed by atoms with E-state index in [-0.39, 0.29) is 11.9 Å². The molecule has 1 unspecified atom stereocenters. The van der Waals surface area contributed by atoms with Crippen LogP contribution in [0.1, 0.15) is 29.9 Å². The fourth-order valence-corrected chi connectivity index (χ4v) is 2.57. The molecule has 2 heterocycles. The van der Waals surface area contributed by atoms with Crippen molar-refractivity contribution >= 4 is 5.88 Å². The first kappa shape index (κ1) is 13.6. The van der Waals surface area contributed by atoms with E-state index in [0.717, 1.165) is 29.8 Å². The Morgan fingerprint density at radius 2 is 2.24 bits per heavy atom. The molecule has 1 aliphatic rings. The van der Waals surface area contributed by atoms with Crippen molar-refractivity contribution in [2.24, 2.45) is 0 Å². The van der Waals surface area contributed by atoms with E-state index < -0.39 is 4.92 Å². The largest absolute Gasteiger partial charge is 0.493 e. The van der Waals surface area contributed by atoms with Crippen molar-refractivity contribution in [2.45, 2.75) is 19.4 Å². The molecule has 3 rings (SSSR count). The van der Waals surface area contributed by atoms with E-state index in [9.17, 15) is 10.1 Å². The Balaban J connectivity index is 1.95. The van der Waals surface area contributed by atoms with Crippen molar-refractivity contribution in [1.82, 2.24) is 5.32 Å². The maximum atomic E-state index is 10.8. The van der Waals surface area contributed by atoms with E-state index in [1.807, 2.05) is 19.1 Å². The number of nitrogens with zero attached hydrogens (tertiary/aromatic N) is 1. The summed E-state index contributed by atoms with van der Waals surface area (Å²) in [5.74, 6) is 1.22. The summed E-state index contributed by atoms with van der Waals surface area (Å²) in [7, 11) is 0. The highest BCUT2D eigenvalue weighted by atomic mass is 16.6. The molecule has 0 bridgehead atoms. The third-order valence-corrected chi connectivity index (χ3v) is 3.53. The van der Waals surface area contributed by atoms with Crippen molar-refractivity contribution in [1.29, 1.82) is 0 Å². The molecule has 1 atom stereocenters. The molecule has 0 aliphatic carbocycles. The van der Waals surface area contributed by atoms with Crippen LogP contribution in [0, 0.1) is 10.1 Å². The van der Waals surface area contributed by atoms with Crippen LogP contribution in [0.2, 0.25) is 0 Å². The number of furan rings is 1. The number of nitrogens with one attached hydrogen (secondary N) is 1. The molecule has 0 amide bonds. The molecule has 21 heavy (non-hydrogen) atoms. The molecule has 2 aromatic rings. The third kappa shape index (κ3) is 2.62. The first-order valence-corrected chi connectivity index (χ1v) is 6.92. The average molecular weight is 288 g/mol. The monoisotopic (exact) mass is 288 g/mol. The van der Waals surface area contributed by atoms with Gasteiger partial charge in [0.1, 0.15) is 16.4 Å². The molecule has 1 N–H and O–H groups in total. The summed E-state index contributed by atoms with van der Waals surface area (Å²) in [6.07, 6.45) is 0.889. The lowest BCUT2D eigenvalue weighted by Crippen LogP contribution is -2.21. The highest BCUT2D eigenvalue weighted by molar-refractivity contribution is 5.42. The Bertz CT molecular complexity index is 665. The number of hydrogen-bond donors (Lipinski definition) is 1. The van der Waals surface area contributed by atoms with Crippen molar-refractivity contribution in [3.63, 3.8) is 0 Å². The molecular formula is C15H16N2O4. The quantitative estimate of drug-likeness (QED) is 0.676. The van der Waals surface area contributed by atoms with Gasteiger partial charge < -0.3 is 14.5 Å². The normalized spacial score (nSPS) is 14.5. The second-order valence-electron chi connectivity index (χ2n) is 4.89.